The molecule has 0 radical (unpaired) electrons. The van der Waals surface area contributed by atoms with Gasteiger partial charge < -0.3 is 18.0 Å². The highest BCUT2D eigenvalue weighted by Gasteiger charge is 2.20. The number of hydrogen-bond donors (Lipinski definition) is 0. The largest absolute Gasteiger partial charge is 0.456 e. The summed E-state index contributed by atoms with van der Waals surface area (Å²) in [4.78, 5) is 0. The SMILES string of the molecule is c1ccc(-c2cc(-c3ccc4c(c3)c3ccccc3n4-c3ccc4oc5ccccc5c4c3)cc(-c3cccc4c3c3ccccc3n4-c3ccc4oc5ccccc5c4c3)c2)cc1. The molecule has 4 nitrogen and oxygen atoms in total. The second kappa shape index (κ2) is 13.4. The Hall–Kier alpha value is -8.60. The molecule has 14 aromatic rings. The van der Waals surface area contributed by atoms with Crippen LogP contribution < -0.4 is 0 Å². The highest BCUT2D eigenvalue weighted by atomic mass is 16.3. The summed E-state index contributed by atoms with van der Waals surface area (Å²) in [5.41, 5.74) is 17.5. The zero-order chi connectivity index (χ0) is 41.9. The molecule has 0 saturated carbocycles. The van der Waals surface area contributed by atoms with Crippen LogP contribution in [-0.2, 0) is 0 Å². The molecular formula is C60H36N2O2. The lowest BCUT2D eigenvalue weighted by molar-refractivity contribution is 0.668. The van der Waals surface area contributed by atoms with Gasteiger partial charge in [-0.15, -0.1) is 0 Å². The van der Waals surface area contributed by atoms with Gasteiger partial charge >= 0.3 is 0 Å². The van der Waals surface area contributed by atoms with Gasteiger partial charge in [0.15, 0.2) is 0 Å². The van der Waals surface area contributed by atoms with Crippen molar-refractivity contribution in [2.45, 2.75) is 0 Å². The number of nitrogens with zero attached hydrogens (tertiary/aromatic N) is 2. The third kappa shape index (κ3) is 5.17. The van der Waals surface area contributed by atoms with Crippen molar-refractivity contribution in [2.24, 2.45) is 0 Å². The molecule has 0 aliphatic rings. The van der Waals surface area contributed by atoms with E-state index in [2.05, 4.69) is 203 Å². The Kier molecular flexibility index (Phi) is 7.36. The highest BCUT2D eigenvalue weighted by Crippen LogP contribution is 2.43. The van der Waals surface area contributed by atoms with Crippen molar-refractivity contribution in [3.05, 3.63) is 218 Å². The molecule has 0 fully saturated rings. The lowest BCUT2D eigenvalue weighted by Crippen LogP contribution is -1.94. The number of rotatable bonds is 5. The first kappa shape index (κ1) is 35.0. The van der Waals surface area contributed by atoms with Crippen molar-refractivity contribution in [1.82, 2.24) is 9.13 Å². The summed E-state index contributed by atoms with van der Waals surface area (Å²) >= 11 is 0. The Morgan fingerprint density at radius 1 is 0.250 bits per heavy atom. The van der Waals surface area contributed by atoms with Crippen LogP contribution in [-0.4, -0.2) is 9.13 Å². The Labute approximate surface area is 367 Å². The van der Waals surface area contributed by atoms with Crippen molar-refractivity contribution in [3.8, 4) is 44.8 Å². The Morgan fingerprint density at radius 3 is 1.44 bits per heavy atom. The molecule has 0 atom stereocenters. The molecule has 4 heterocycles. The summed E-state index contributed by atoms with van der Waals surface area (Å²) in [6, 6.07) is 78.8. The van der Waals surface area contributed by atoms with Gasteiger partial charge in [-0.2, -0.15) is 0 Å². The van der Waals surface area contributed by atoms with Crippen LogP contribution in [0.15, 0.2) is 227 Å². The van der Waals surface area contributed by atoms with Crippen molar-refractivity contribution in [3.63, 3.8) is 0 Å². The summed E-state index contributed by atoms with van der Waals surface area (Å²) in [5.74, 6) is 0. The van der Waals surface area contributed by atoms with E-state index in [0.717, 1.165) is 66.3 Å². The molecule has 0 aliphatic heterocycles. The monoisotopic (exact) mass is 816 g/mol. The van der Waals surface area contributed by atoms with Gasteiger partial charge in [0.05, 0.1) is 22.1 Å². The number of furan rings is 2. The smallest absolute Gasteiger partial charge is 0.135 e. The first-order chi connectivity index (χ1) is 31.7. The first-order valence-electron chi connectivity index (χ1n) is 21.8. The number of aromatic nitrogens is 2. The first-order valence-corrected chi connectivity index (χ1v) is 21.8. The van der Waals surface area contributed by atoms with E-state index in [4.69, 9.17) is 8.83 Å². The normalized spacial score (nSPS) is 12.1. The quantitative estimate of drug-likeness (QED) is 0.173. The minimum Gasteiger partial charge on any atom is -0.456 e. The van der Waals surface area contributed by atoms with Crippen LogP contribution in [0.1, 0.15) is 0 Å². The Morgan fingerprint density at radius 2 is 0.750 bits per heavy atom. The summed E-state index contributed by atoms with van der Waals surface area (Å²) in [5, 5.41) is 9.36. The molecule has 0 unspecified atom stereocenters. The van der Waals surface area contributed by atoms with Gasteiger partial charge in [-0.05, 0) is 130 Å². The summed E-state index contributed by atoms with van der Waals surface area (Å²) in [6.45, 7) is 0. The predicted octanol–water partition coefficient (Wildman–Crippen LogP) is 16.7. The molecule has 4 heteroatoms. The maximum atomic E-state index is 6.25. The molecule has 0 saturated heterocycles. The van der Waals surface area contributed by atoms with Gasteiger partial charge in [0.25, 0.3) is 0 Å². The molecule has 0 amide bonds. The van der Waals surface area contributed by atoms with E-state index in [1.807, 2.05) is 24.3 Å². The van der Waals surface area contributed by atoms with Gasteiger partial charge in [0, 0.05) is 54.5 Å². The van der Waals surface area contributed by atoms with Crippen molar-refractivity contribution in [1.29, 1.82) is 0 Å². The lowest BCUT2D eigenvalue weighted by atomic mass is 9.91. The molecule has 0 bridgehead atoms. The van der Waals surface area contributed by atoms with Gasteiger partial charge in [0.1, 0.15) is 22.3 Å². The van der Waals surface area contributed by atoms with E-state index >= 15 is 0 Å². The summed E-state index contributed by atoms with van der Waals surface area (Å²) < 4.78 is 17.3. The average Bonchev–Trinajstić information content (AvgIpc) is 4.11. The van der Waals surface area contributed by atoms with Crippen molar-refractivity contribution >= 4 is 87.5 Å². The maximum absolute atomic E-state index is 6.25. The fraction of sp³-hybridized carbons (Fsp3) is 0. The molecule has 0 aliphatic carbocycles. The summed E-state index contributed by atoms with van der Waals surface area (Å²) in [6.07, 6.45) is 0. The average molecular weight is 817 g/mol. The standard InChI is InChI=1S/C60H36N2O2/c1-2-13-37(14-3-1)39-31-40(38-25-28-54-49(34-38)45-15-4-8-20-52(45)61(54)42-26-29-58-50(35-42)46-16-6-10-23-56(46)63-58)33-41(32-39)44-19-12-22-55-60(44)48-18-5-9-21-53(48)62(55)43-27-30-59-51(36-43)47-17-7-11-24-57(47)64-59/h1-36H. The number of fused-ring (bicyclic) bond motifs is 12. The minimum atomic E-state index is 0.893. The van der Waals surface area contributed by atoms with Gasteiger partial charge in [0.2, 0.25) is 0 Å². The van der Waals surface area contributed by atoms with Crippen LogP contribution in [0.4, 0.5) is 0 Å². The molecule has 14 rings (SSSR count). The van der Waals surface area contributed by atoms with Crippen molar-refractivity contribution < 1.29 is 8.83 Å². The van der Waals surface area contributed by atoms with Gasteiger partial charge in [-0.25, -0.2) is 0 Å². The Bertz CT molecular complexity index is 4200. The van der Waals surface area contributed by atoms with Crippen LogP contribution in [0.2, 0.25) is 0 Å². The number of benzene rings is 10. The van der Waals surface area contributed by atoms with Crippen molar-refractivity contribution in [2.75, 3.05) is 0 Å². The molecule has 4 aromatic heterocycles. The number of para-hydroxylation sites is 4. The zero-order valence-electron chi connectivity index (χ0n) is 34.5. The maximum Gasteiger partial charge on any atom is 0.135 e. The second-order valence-electron chi connectivity index (χ2n) is 16.9. The molecule has 64 heavy (non-hydrogen) atoms. The van der Waals surface area contributed by atoms with E-state index in [1.54, 1.807) is 0 Å². The third-order valence-electron chi connectivity index (χ3n) is 13.3. The molecular weight excluding hydrogens is 781 g/mol. The van der Waals surface area contributed by atoms with E-state index in [-0.39, 0.29) is 0 Å². The zero-order valence-corrected chi connectivity index (χ0v) is 34.5. The topological polar surface area (TPSA) is 36.1 Å². The molecule has 0 N–H and O–H groups in total. The fourth-order valence-corrected chi connectivity index (χ4v) is 10.4. The van der Waals surface area contributed by atoms with Crippen LogP contribution in [0, 0.1) is 0 Å². The molecule has 298 valence electrons. The van der Waals surface area contributed by atoms with Crippen LogP contribution >= 0.6 is 0 Å². The highest BCUT2D eigenvalue weighted by molar-refractivity contribution is 6.17. The van der Waals surface area contributed by atoms with E-state index < -0.39 is 0 Å². The number of hydrogen-bond acceptors (Lipinski definition) is 2. The summed E-state index contributed by atoms with van der Waals surface area (Å²) in [7, 11) is 0. The van der Waals surface area contributed by atoms with Crippen LogP contribution in [0.5, 0.6) is 0 Å². The minimum absolute atomic E-state index is 0.893. The fourth-order valence-electron chi connectivity index (χ4n) is 10.4. The molecule has 10 aromatic carbocycles. The molecule has 0 spiro atoms. The van der Waals surface area contributed by atoms with Crippen LogP contribution in [0.3, 0.4) is 0 Å². The lowest BCUT2D eigenvalue weighted by Gasteiger charge is -2.13. The van der Waals surface area contributed by atoms with Gasteiger partial charge in [-0.3, -0.25) is 0 Å². The predicted molar refractivity (Wildman–Crippen MR) is 266 cm³/mol. The Balaban J connectivity index is 0.972. The third-order valence-corrected chi connectivity index (χ3v) is 13.3. The van der Waals surface area contributed by atoms with E-state index in [1.165, 1.54) is 66.0 Å². The van der Waals surface area contributed by atoms with Gasteiger partial charge in [-0.1, -0.05) is 121 Å². The second-order valence-corrected chi connectivity index (χ2v) is 16.9. The van der Waals surface area contributed by atoms with E-state index in [0.29, 0.717) is 0 Å². The van der Waals surface area contributed by atoms with E-state index in [9.17, 15) is 0 Å². The van der Waals surface area contributed by atoms with Crippen LogP contribution in [0.25, 0.3) is 132 Å².